The number of oxime groups is 1. The number of amidine groups is 1. The van der Waals surface area contributed by atoms with Gasteiger partial charge in [0.05, 0.1) is 31.4 Å². The maximum absolute atomic E-state index is 5.87. The van der Waals surface area contributed by atoms with Gasteiger partial charge < -0.3 is 23.8 Å². The zero-order chi connectivity index (χ0) is 22.6. The number of hydrogen-bond acceptors (Lipinski definition) is 6. The van der Waals surface area contributed by atoms with E-state index in [1.807, 2.05) is 48.0 Å². The first-order valence-electron chi connectivity index (χ1n) is 11.3. The third-order valence-electron chi connectivity index (χ3n) is 5.89. The van der Waals surface area contributed by atoms with Gasteiger partial charge in [0.25, 0.3) is 0 Å². The van der Waals surface area contributed by atoms with Gasteiger partial charge in [-0.3, -0.25) is 0 Å². The van der Waals surface area contributed by atoms with Gasteiger partial charge in [0, 0.05) is 12.7 Å². The molecule has 1 fully saturated rings. The topological polar surface area (TPSA) is 61.1 Å². The molecular formula is C26H28N4O3. The second-order valence-electron chi connectivity index (χ2n) is 8.34. The first-order chi connectivity index (χ1) is 16.2. The van der Waals surface area contributed by atoms with E-state index in [1.165, 1.54) is 5.57 Å². The summed E-state index contributed by atoms with van der Waals surface area (Å²) in [6, 6.07) is 16.0. The SMILES string of the molecule is COc1cc(/C=C2\CCCN3CC(COc4ccccc4)ON=C23)ccc1-n1cnc(C)c1. The number of para-hydroxylation sites is 1. The molecule has 0 saturated carbocycles. The van der Waals surface area contributed by atoms with Crippen LogP contribution in [0.5, 0.6) is 11.5 Å². The zero-order valence-corrected chi connectivity index (χ0v) is 19.0. The lowest BCUT2D eigenvalue weighted by Crippen LogP contribution is -2.47. The molecule has 0 radical (unpaired) electrons. The minimum Gasteiger partial charge on any atom is -0.495 e. The minimum atomic E-state index is -0.0914. The molecule has 2 aliphatic rings. The Balaban J connectivity index is 1.32. The van der Waals surface area contributed by atoms with Crippen LogP contribution in [0.4, 0.5) is 0 Å². The number of hydrogen-bond donors (Lipinski definition) is 0. The third-order valence-corrected chi connectivity index (χ3v) is 5.89. The molecule has 3 heterocycles. The lowest BCUT2D eigenvalue weighted by Gasteiger charge is -2.37. The molecule has 0 spiro atoms. The summed E-state index contributed by atoms with van der Waals surface area (Å²) in [5.41, 5.74) is 4.18. The number of aryl methyl sites for hydroxylation is 1. The molecule has 1 aromatic heterocycles. The van der Waals surface area contributed by atoms with Crippen LogP contribution in [0.25, 0.3) is 11.8 Å². The molecule has 1 saturated heterocycles. The average Bonchev–Trinajstić information content (AvgIpc) is 3.29. The molecule has 3 aromatic rings. The molecule has 0 aliphatic carbocycles. The molecule has 1 atom stereocenters. The van der Waals surface area contributed by atoms with Crippen LogP contribution in [-0.2, 0) is 4.84 Å². The van der Waals surface area contributed by atoms with Crippen LogP contribution in [0.2, 0.25) is 0 Å². The summed E-state index contributed by atoms with van der Waals surface area (Å²) in [4.78, 5) is 12.4. The van der Waals surface area contributed by atoms with E-state index in [9.17, 15) is 0 Å². The lowest BCUT2D eigenvalue weighted by atomic mass is 9.99. The molecule has 2 aliphatic heterocycles. The predicted octanol–water partition coefficient (Wildman–Crippen LogP) is 4.46. The van der Waals surface area contributed by atoms with Gasteiger partial charge in [-0.25, -0.2) is 4.98 Å². The van der Waals surface area contributed by atoms with E-state index in [-0.39, 0.29) is 6.10 Å². The molecule has 5 rings (SSSR count). The Kier molecular flexibility index (Phi) is 6.02. The van der Waals surface area contributed by atoms with Gasteiger partial charge in [-0.1, -0.05) is 29.4 Å². The van der Waals surface area contributed by atoms with Crippen molar-refractivity contribution in [3.63, 3.8) is 0 Å². The van der Waals surface area contributed by atoms with E-state index in [0.29, 0.717) is 6.61 Å². The molecule has 7 heteroatoms. The summed E-state index contributed by atoms with van der Waals surface area (Å²) in [7, 11) is 1.69. The second-order valence-corrected chi connectivity index (χ2v) is 8.34. The van der Waals surface area contributed by atoms with E-state index < -0.39 is 0 Å². The van der Waals surface area contributed by atoms with Crippen LogP contribution in [-0.4, -0.2) is 53.2 Å². The largest absolute Gasteiger partial charge is 0.495 e. The fourth-order valence-corrected chi connectivity index (χ4v) is 4.26. The number of nitrogens with zero attached hydrogens (tertiary/aromatic N) is 4. The highest BCUT2D eigenvalue weighted by molar-refractivity contribution is 6.02. The highest BCUT2D eigenvalue weighted by Crippen LogP contribution is 2.29. The Bertz CT molecular complexity index is 1170. The van der Waals surface area contributed by atoms with Gasteiger partial charge in [0.2, 0.25) is 0 Å². The number of imidazole rings is 1. The van der Waals surface area contributed by atoms with Gasteiger partial charge in [-0.05, 0) is 61.2 Å². The van der Waals surface area contributed by atoms with Crippen molar-refractivity contribution in [2.24, 2.45) is 5.16 Å². The normalized spacial score (nSPS) is 19.0. The molecule has 0 bridgehead atoms. The predicted molar refractivity (Wildman–Crippen MR) is 128 cm³/mol. The molecular weight excluding hydrogens is 416 g/mol. The van der Waals surface area contributed by atoms with Crippen LogP contribution >= 0.6 is 0 Å². The number of rotatable bonds is 6. The summed E-state index contributed by atoms with van der Waals surface area (Å²) in [6.07, 6.45) is 7.93. The number of fused-ring (bicyclic) bond motifs is 1. The number of ether oxygens (including phenoxy) is 2. The monoisotopic (exact) mass is 444 g/mol. The molecule has 0 amide bonds. The van der Waals surface area contributed by atoms with Crippen LogP contribution in [0.3, 0.4) is 0 Å². The quantitative estimate of drug-likeness (QED) is 0.562. The maximum atomic E-state index is 5.87. The van der Waals surface area contributed by atoms with Crippen molar-refractivity contribution < 1.29 is 14.3 Å². The standard InChI is InChI=1S/C26H28N4O3/c1-19-15-30(18-27-19)24-11-10-20(14-25(24)31-2)13-21-7-6-12-29-16-23(33-28-26(21)29)17-32-22-8-4-3-5-9-22/h3-5,8-11,13-15,18,23H,6-7,12,16-17H2,1-2H3/b21-13+. The Labute approximate surface area is 193 Å². The van der Waals surface area contributed by atoms with Crippen molar-refractivity contribution in [1.82, 2.24) is 14.5 Å². The van der Waals surface area contributed by atoms with Gasteiger partial charge in [0.15, 0.2) is 11.9 Å². The van der Waals surface area contributed by atoms with Crippen molar-refractivity contribution in [1.29, 1.82) is 0 Å². The van der Waals surface area contributed by atoms with Crippen molar-refractivity contribution >= 4 is 11.9 Å². The first-order valence-corrected chi connectivity index (χ1v) is 11.3. The number of methoxy groups -OCH3 is 1. The fraction of sp³-hybridized carbons (Fsp3) is 0.308. The smallest absolute Gasteiger partial charge is 0.178 e. The lowest BCUT2D eigenvalue weighted by molar-refractivity contribution is -0.00781. The van der Waals surface area contributed by atoms with E-state index in [1.54, 1.807) is 13.4 Å². The first kappa shape index (κ1) is 21.1. The molecule has 170 valence electrons. The Morgan fingerprint density at radius 2 is 2.06 bits per heavy atom. The Morgan fingerprint density at radius 3 is 2.85 bits per heavy atom. The highest BCUT2D eigenvalue weighted by atomic mass is 16.7. The Hall–Kier alpha value is -3.74. The molecule has 0 N–H and O–H groups in total. The van der Waals surface area contributed by atoms with E-state index in [4.69, 9.17) is 14.3 Å². The minimum absolute atomic E-state index is 0.0914. The highest BCUT2D eigenvalue weighted by Gasteiger charge is 2.30. The van der Waals surface area contributed by atoms with Crippen LogP contribution < -0.4 is 9.47 Å². The Morgan fingerprint density at radius 1 is 1.18 bits per heavy atom. The number of aromatic nitrogens is 2. The van der Waals surface area contributed by atoms with E-state index in [0.717, 1.165) is 60.2 Å². The van der Waals surface area contributed by atoms with Crippen LogP contribution in [0, 0.1) is 6.92 Å². The molecule has 7 nitrogen and oxygen atoms in total. The third kappa shape index (κ3) is 4.72. The summed E-state index contributed by atoms with van der Waals surface area (Å²) in [5.74, 6) is 2.57. The van der Waals surface area contributed by atoms with Gasteiger partial charge in [-0.15, -0.1) is 0 Å². The summed E-state index contributed by atoms with van der Waals surface area (Å²) in [6.45, 7) is 4.19. The fourth-order valence-electron chi connectivity index (χ4n) is 4.26. The summed E-state index contributed by atoms with van der Waals surface area (Å²) >= 11 is 0. The molecule has 2 aromatic carbocycles. The van der Waals surface area contributed by atoms with Crippen molar-refractivity contribution in [3.05, 3.63) is 77.9 Å². The molecule has 33 heavy (non-hydrogen) atoms. The van der Waals surface area contributed by atoms with Crippen LogP contribution in [0.1, 0.15) is 24.1 Å². The van der Waals surface area contributed by atoms with E-state index in [2.05, 4.69) is 39.3 Å². The summed E-state index contributed by atoms with van der Waals surface area (Å²) < 4.78 is 13.5. The van der Waals surface area contributed by atoms with Gasteiger partial charge in [0.1, 0.15) is 18.1 Å². The van der Waals surface area contributed by atoms with Crippen LogP contribution in [0.15, 0.2) is 71.8 Å². The summed E-state index contributed by atoms with van der Waals surface area (Å²) in [5, 5.41) is 4.48. The van der Waals surface area contributed by atoms with Crippen molar-refractivity contribution in [2.45, 2.75) is 25.9 Å². The molecule has 1 unspecified atom stereocenters. The van der Waals surface area contributed by atoms with Crippen molar-refractivity contribution in [2.75, 3.05) is 26.8 Å². The van der Waals surface area contributed by atoms with E-state index >= 15 is 0 Å². The second kappa shape index (κ2) is 9.40. The number of piperidine rings is 1. The maximum Gasteiger partial charge on any atom is 0.178 e. The zero-order valence-electron chi connectivity index (χ0n) is 19.0. The van der Waals surface area contributed by atoms with Gasteiger partial charge >= 0.3 is 0 Å². The van der Waals surface area contributed by atoms with Gasteiger partial charge in [-0.2, -0.15) is 0 Å². The average molecular weight is 445 g/mol. The van der Waals surface area contributed by atoms with Crippen molar-refractivity contribution in [3.8, 4) is 17.2 Å². The number of benzene rings is 2.